The van der Waals surface area contributed by atoms with Gasteiger partial charge in [0.15, 0.2) is 17.3 Å². The molecule has 1 heterocycles. The van der Waals surface area contributed by atoms with E-state index in [0.29, 0.717) is 18.7 Å². The number of aromatic nitrogens is 2. The van der Waals surface area contributed by atoms with Crippen LogP contribution in [0.1, 0.15) is 26.4 Å². The van der Waals surface area contributed by atoms with Gasteiger partial charge in [0, 0.05) is 19.8 Å². The van der Waals surface area contributed by atoms with E-state index in [1.807, 2.05) is 30.3 Å². The molecule has 3 rings (SSSR count). The van der Waals surface area contributed by atoms with E-state index in [9.17, 15) is 18.4 Å². The Balaban J connectivity index is 1.69. The van der Waals surface area contributed by atoms with Gasteiger partial charge in [-0.3, -0.25) is 9.59 Å². The number of hydrogen-bond acceptors (Lipinski definition) is 3. The van der Waals surface area contributed by atoms with Crippen molar-refractivity contribution in [2.24, 2.45) is 0 Å². The normalized spacial score (nSPS) is 10.6. The van der Waals surface area contributed by atoms with Crippen LogP contribution in [-0.2, 0) is 6.54 Å². The van der Waals surface area contributed by atoms with E-state index in [1.165, 1.54) is 17.2 Å². The topological polar surface area (TPSA) is 67.2 Å². The van der Waals surface area contributed by atoms with E-state index in [-0.39, 0.29) is 22.2 Å². The summed E-state index contributed by atoms with van der Waals surface area (Å²) in [6.07, 6.45) is 1.36. The molecule has 3 aromatic rings. The lowest BCUT2D eigenvalue weighted by atomic mass is 10.2. The van der Waals surface area contributed by atoms with E-state index in [1.54, 1.807) is 7.05 Å². The maximum atomic E-state index is 13.3. The summed E-state index contributed by atoms with van der Waals surface area (Å²) in [6, 6.07) is 12.3. The number of rotatable bonds is 5. The molecule has 0 aliphatic heterocycles. The van der Waals surface area contributed by atoms with Gasteiger partial charge in [-0.25, -0.2) is 14.2 Å². The van der Waals surface area contributed by atoms with Gasteiger partial charge in [0.2, 0.25) is 0 Å². The van der Waals surface area contributed by atoms with Gasteiger partial charge in [-0.15, -0.1) is 5.10 Å². The van der Waals surface area contributed by atoms with Crippen LogP contribution in [0.25, 0.3) is 0 Å². The van der Waals surface area contributed by atoms with Crippen LogP contribution < -0.4 is 5.43 Å². The second kappa shape index (κ2) is 8.18. The first-order chi connectivity index (χ1) is 13.3. The summed E-state index contributed by atoms with van der Waals surface area (Å²) in [4.78, 5) is 27.2. The average Bonchev–Trinajstić information content (AvgIpc) is 3.13. The number of benzene rings is 2. The van der Waals surface area contributed by atoms with Crippen molar-refractivity contribution in [3.63, 3.8) is 0 Å². The first-order valence-corrected chi connectivity index (χ1v) is 8.54. The molecule has 0 aliphatic rings. The van der Waals surface area contributed by atoms with Crippen molar-refractivity contribution in [3.8, 4) is 0 Å². The van der Waals surface area contributed by atoms with E-state index in [4.69, 9.17) is 11.6 Å². The number of carbonyl (C=O) groups is 2. The molecule has 144 valence electrons. The third kappa shape index (κ3) is 4.34. The third-order valence-electron chi connectivity index (χ3n) is 3.89. The van der Waals surface area contributed by atoms with Crippen molar-refractivity contribution in [1.29, 1.82) is 0 Å². The number of nitrogens with zero attached hydrogens (tertiary/aromatic N) is 3. The predicted octanol–water partition coefficient (Wildman–Crippen LogP) is 3.47. The second-order valence-electron chi connectivity index (χ2n) is 5.98. The van der Waals surface area contributed by atoms with Crippen molar-refractivity contribution in [1.82, 2.24) is 14.8 Å². The Morgan fingerprint density at radius 1 is 1.14 bits per heavy atom. The van der Waals surface area contributed by atoms with E-state index in [0.717, 1.165) is 10.4 Å². The Labute approximate surface area is 164 Å². The van der Waals surface area contributed by atoms with E-state index >= 15 is 0 Å². The minimum absolute atomic E-state index is 0.107. The van der Waals surface area contributed by atoms with Gasteiger partial charge < -0.3 is 4.90 Å². The zero-order valence-electron chi connectivity index (χ0n) is 14.7. The Morgan fingerprint density at radius 2 is 1.82 bits per heavy atom. The Morgan fingerprint density at radius 3 is 2.54 bits per heavy atom. The van der Waals surface area contributed by atoms with E-state index in [2.05, 4.69) is 10.5 Å². The molecule has 0 fully saturated rings. The molecule has 2 amide bonds. The van der Waals surface area contributed by atoms with Gasteiger partial charge in [0.05, 0.1) is 10.6 Å². The molecule has 0 unspecified atom stereocenters. The predicted molar refractivity (Wildman–Crippen MR) is 99.5 cm³/mol. The minimum Gasteiger partial charge on any atom is -0.336 e. The van der Waals surface area contributed by atoms with Crippen LogP contribution in [0.15, 0.2) is 54.7 Å². The molecular formula is C19H15ClF2N4O2. The maximum Gasteiger partial charge on any atom is 0.274 e. The molecule has 0 saturated heterocycles. The zero-order valence-corrected chi connectivity index (χ0v) is 15.5. The van der Waals surface area contributed by atoms with E-state index < -0.39 is 17.5 Å². The monoisotopic (exact) mass is 404 g/mol. The standard InChI is InChI=1S/C19H15ClF2N4O2/c1-25(11-12-5-3-2-4-6-12)19(28)17-7-8-26(23-17)24-18(27)13-9-15(21)16(22)10-14(13)20/h2-10H,11H2,1H3,(H,24,27). The van der Waals surface area contributed by atoms with Crippen LogP contribution in [0.2, 0.25) is 5.02 Å². The smallest absolute Gasteiger partial charge is 0.274 e. The average molecular weight is 405 g/mol. The third-order valence-corrected chi connectivity index (χ3v) is 4.20. The molecule has 0 bridgehead atoms. The van der Waals surface area contributed by atoms with Gasteiger partial charge >= 0.3 is 0 Å². The van der Waals surface area contributed by atoms with Gasteiger partial charge in [-0.1, -0.05) is 41.9 Å². The summed E-state index contributed by atoms with van der Waals surface area (Å²) in [5, 5.41) is 3.74. The van der Waals surface area contributed by atoms with Crippen molar-refractivity contribution in [2.45, 2.75) is 6.54 Å². The highest BCUT2D eigenvalue weighted by atomic mass is 35.5. The first-order valence-electron chi connectivity index (χ1n) is 8.16. The number of nitrogens with one attached hydrogen (secondary N) is 1. The van der Waals surface area contributed by atoms with Crippen molar-refractivity contribution in [2.75, 3.05) is 12.5 Å². The largest absolute Gasteiger partial charge is 0.336 e. The number of carbonyl (C=O) groups excluding carboxylic acids is 2. The SMILES string of the molecule is CN(Cc1ccccc1)C(=O)c1ccn(NC(=O)c2cc(F)c(F)cc2Cl)n1. The van der Waals surface area contributed by atoms with Crippen molar-refractivity contribution in [3.05, 3.63) is 88.2 Å². The summed E-state index contributed by atoms with van der Waals surface area (Å²) < 4.78 is 26.5. The van der Waals surface area contributed by atoms with Gasteiger partial charge in [-0.05, 0) is 23.8 Å². The quantitative estimate of drug-likeness (QED) is 0.662. The maximum absolute atomic E-state index is 13.3. The second-order valence-corrected chi connectivity index (χ2v) is 6.39. The Bertz CT molecular complexity index is 1020. The Kier molecular flexibility index (Phi) is 5.70. The van der Waals surface area contributed by atoms with Crippen molar-refractivity contribution < 1.29 is 18.4 Å². The Hall–Kier alpha value is -3.26. The molecule has 1 aromatic heterocycles. The molecule has 9 heteroatoms. The van der Waals surface area contributed by atoms with Crippen LogP contribution in [-0.4, -0.2) is 33.7 Å². The fraction of sp³-hybridized carbons (Fsp3) is 0.105. The molecular weight excluding hydrogens is 390 g/mol. The van der Waals surface area contributed by atoms with Crippen LogP contribution in [0.5, 0.6) is 0 Å². The summed E-state index contributed by atoms with van der Waals surface area (Å²) in [7, 11) is 1.63. The highest BCUT2D eigenvalue weighted by Gasteiger charge is 2.18. The van der Waals surface area contributed by atoms with Crippen LogP contribution >= 0.6 is 11.6 Å². The summed E-state index contributed by atoms with van der Waals surface area (Å²) >= 11 is 5.78. The highest BCUT2D eigenvalue weighted by molar-refractivity contribution is 6.34. The minimum atomic E-state index is -1.20. The molecule has 0 radical (unpaired) electrons. The molecule has 6 nitrogen and oxygen atoms in total. The van der Waals surface area contributed by atoms with Crippen LogP contribution in [0, 0.1) is 11.6 Å². The molecule has 0 atom stereocenters. The summed E-state index contributed by atoms with van der Waals surface area (Å²) in [5.74, 6) is -3.50. The number of hydrogen-bond donors (Lipinski definition) is 1. The van der Waals surface area contributed by atoms with Gasteiger partial charge in [0.25, 0.3) is 11.8 Å². The molecule has 1 N–H and O–H groups in total. The van der Waals surface area contributed by atoms with Gasteiger partial charge in [-0.2, -0.15) is 4.79 Å². The lowest BCUT2D eigenvalue weighted by molar-refractivity contribution is 0.0777. The van der Waals surface area contributed by atoms with Gasteiger partial charge in [0.1, 0.15) is 0 Å². The number of amides is 2. The summed E-state index contributed by atoms with van der Waals surface area (Å²) in [5.41, 5.74) is 3.14. The highest BCUT2D eigenvalue weighted by Crippen LogP contribution is 2.20. The summed E-state index contributed by atoms with van der Waals surface area (Å²) in [6.45, 7) is 0.392. The number of halogens is 3. The fourth-order valence-electron chi connectivity index (χ4n) is 2.49. The molecule has 28 heavy (non-hydrogen) atoms. The van der Waals surface area contributed by atoms with Crippen LogP contribution in [0.4, 0.5) is 8.78 Å². The first kappa shape index (κ1) is 19.5. The molecule has 2 aromatic carbocycles. The lowest BCUT2D eigenvalue weighted by Gasteiger charge is -2.15. The fourth-order valence-corrected chi connectivity index (χ4v) is 2.72. The van der Waals surface area contributed by atoms with Crippen LogP contribution in [0.3, 0.4) is 0 Å². The molecule has 0 saturated carbocycles. The lowest BCUT2D eigenvalue weighted by Crippen LogP contribution is -2.28. The van der Waals surface area contributed by atoms with Crippen molar-refractivity contribution >= 4 is 23.4 Å². The zero-order chi connectivity index (χ0) is 20.3. The molecule has 0 spiro atoms. The molecule has 0 aliphatic carbocycles.